The number of guanidine groups is 1. The maximum atomic E-state index is 15.1. The minimum atomic E-state index is -1.89. The van der Waals surface area contributed by atoms with E-state index in [1.54, 1.807) is 51.1 Å². The van der Waals surface area contributed by atoms with Crippen molar-refractivity contribution in [3.05, 3.63) is 65.7 Å². The van der Waals surface area contributed by atoms with Gasteiger partial charge in [-0.3, -0.25) is 43.3 Å². The zero-order chi connectivity index (χ0) is 52.5. The number of phenolic OH excluding ortho intramolecular Hbond substituents is 1. The summed E-state index contributed by atoms with van der Waals surface area (Å²) < 4.78 is 5.87. The first-order chi connectivity index (χ1) is 33.6. The maximum Gasteiger partial charge on any atom is 0.329 e. The van der Waals surface area contributed by atoms with Crippen LogP contribution in [0.4, 0.5) is 0 Å². The molecule has 0 spiro atoms. The molecule has 2 heterocycles. The number of carbonyl (C=O) groups excluding carboxylic acids is 8. The lowest BCUT2D eigenvalue weighted by Crippen LogP contribution is -2.65. The molecule has 2 saturated heterocycles. The molecule has 0 radical (unpaired) electrons. The minimum Gasteiger partial charge on any atom is -0.508 e. The van der Waals surface area contributed by atoms with Gasteiger partial charge in [0, 0.05) is 32.9 Å². The number of rotatable bonds is 17. The molecule has 0 aromatic heterocycles. The number of aliphatic hydroxyl groups excluding tert-OH is 1. The number of aromatic hydroxyl groups is 1. The number of ether oxygens (including phenoxy) is 1. The third kappa shape index (κ3) is 16.1. The number of carboxylic acids is 1. The van der Waals surface area contributed by atoms with Gasteiger partial charge in [-0.15, -0.1) is 0 Å². The second-order valence-corrected chi connectivity index (χ2v) is 17.9. The number of hydrogen-bond acceptors (Lipinski definition) is 13. The molecule has 1 unspecified atom stereocenters. The summed E-state index contributed by atoms with van der Waals surface area (Å²) in [4.78, 5) is 132. The Hall–Kier alpha value is -7.30. The van der Waals surface area contributed by atoms with Crippen LogP contribution < -0.4 is 38.1 Å². The van der Waals surface area contributed by atoms with Crippen LogP contribution in [-0.2, 0) is 60.7 Å². The topological polar surface area (TPSA) is 355 Å². The van der Waals surface area contributed by atoms with Crippen molar-refractivity contribution in [2.24, 2.45) is 22.4 Å². The Morgan fingerprint density at radius 2 is 1.52 bits per heavy atom. The lowest BCUT2D eigenvalue weighted by Gasteiger charge is -2.43. The predicted octanol–water partition coefficient (Wildman–Crippen LogP) is -0.942. The average Bonchev–Trinajstić information content (AvgIpc) is 3.32. The van der Waals surface area contributed by atoms with Gasteiger partial charge in [0.1, 0.15) is 60.4 Å². The van der Waals surface area contributed by atoms with Gasteiger partial charge in [-0.25, -0.2) is 4.79 Å². The lowest BCUT2D eigenvalue weighted by atomic mass is 9.95. The molecule has 0 saturated carbocycles. The van der Waals surface area contributed by atoms with Crippen LogP contribution in [-0.4, -0.2) is 153 Å². The van der Waals surface area contributed by atoms with Crippen molar-refractivity contribution in [3.8, 4) is 5.75 Å². The maximum absolute atomic E-state index is 15.1. The smallest absolute Gasteiger partial charge is 0.329 e. The number of aliphatic imine (C=N–C) groups is 1. The van der Waals surface area contributed by atoms with E-state index in [1.807, 2.05) is 0 Å². The van der Waals surface area contributed by atoms with E-state index in [0.29, 0.717) is 17.5 Å². The van der Waals surface area contributed by atoms with E-state index in [-0.39, 0.29) is 69.6 Å². The van der Waals surface area contributed by atoms with Gasteiger partial charge < -0.3 is 67.9 Å². The first-order valence-electron chi connectivity index (χ1n) is 23.7. The predicted molar refractivity (Wildman–Crippen MR) is 256 cm³/mol. The number of aliphatic hydroxyl groups is 1. The molecule has 388 valence electrons. The van der Waals surface area contributed by atoms with Gasteiger partial charge in [0.2, 0.25) is 41.4 Å². The monoisotopic (exact) mass is 992 g/mol. The fourth-order valence-corrected chi connectivity index (χ4v) is 8.27. The van der Waals surface area contributed by atoms with Crippen LogP contribution in [0.1, 0.15) is 90.2 Å². The number of benzene rings is 2. The summed E-state index contributed by atoms with van der Waals surface area (Å²) in [6, 6.07) is 3.65. The molecular weight excluding hydrogens is 925 g/mol. The van der Waals surface area contributed by atoms with Crippen LogP contribution in [0.25, 0.3) is 0 Å². The van der Waals surface area contributed by atoms with Crippen molar-refractivity contribution in [2.45, 2.75) is 147 Å². The van der Waals surface area contributed by atoms with Crippen LogP contribution >= 0.6 is 0 Å². The quantitative estimate of drug-likeness (QED) is 0.0396. The molecular formula is C48H68N10O13. The Bertz CT molecular complexity index is 2240. The van der Waals surface area contributed by atoms with Gasteiger partial charge in [-0.05, 0) is 68.2 Å². The summed E-state index contributed by atoms with van der Waals surface area (Å²) in [5, 5.41) is 44.0. The van der Waals surface area contributed by atoms with Crippen molar-refractivity contribution < 1.29 is 63.2 Å². The van der Waals surface area contributed by atoms with E-state index in [2.05, 4.69) is 31.6 Å². The van der Waals surface area contributed by atoms with Gasteiger partial charge in [0.25, 0.3) is 0 Å². The zero-order valence-electron chi connectivity index (χ0n) is 40.7. The Balaban J connectivity index is 1.91. The number of nitrogens with two attached hydrogens (primary N) is 2. The molecule has 7 amide bonds. The van der Waals surface area contributed by atoms with Crippen LogP contribution in [0.15, 0.2) is 59.6 Å². The van der Waals surface area contributed by atoms with Gasteiger partial charge in [0.15, 0.2) is 5.96 Å². The van der Waals surface area contributed by atoms with Crippen molar-refractivity contribution in [1.82, 2.24) is 36.4 Å². The lowest BCUT2D eigenvalue weighted by molar-refractivity contribution is -0.165. The molecule has 2 aliphatic heterocycles. The van der Waals surface area contributed by atoms with Gasteiger partial charge in [0.05, 0.1) is 6.42 Å². The molecule has 0 aliphatic carbocycles. The number of fused-ring (bicyclic) bond motifs is 2. The molecule has 4 rings (SSSR count). The summed E-state index contributed by atoms with van der Waals surface area (Å²) in [7, 11) is 1.34. The molecule has 2 fully saturated rings. The number of carboxylic acid groups (broad SMARTS) is 1. The first-order valence-corrected chi connectivity index (χ1v) is 23.7. The number of cyclic esters (lactones) is 1. The van der Waals surface area contributed by atoms with E-state index in [9.17, 15) is 53.7 Å². The van der Waals surface area contributed by atoms with Gasteiger partial charge >= 0.3 is 11.9 Å². The Morgan fingerprint density at radius 1 is 0.873 bits per heavy atom. The Morgan fingerprint density at radius 3 is 2.14 bits per heavy atom. The number of phenols is 1. The molecule has 2 aromatic carbocycles. The standard InChI is InChI=1S/C48H68N10O13/c1-6-12-36(60)52-33(25-38(62)63)42(65)56-40-27(4)71-47(70)39(26(3)7-2)55-43(66)34(23-29-16-18-30(59)19-17-29)57(5)46(69)35(24-28-13-9-8-10-14-28)58-37(61)21-20-32(45(58)68)54-41(64)31(53-44(40)67)15-11-22-51-48(49)50/h8-10,13-14,16-19,26-27,31-35,37,39-40,59,61H,6-7,11-12,15,20-25H2,1-5H3,(H,52,60)(H,53,67)(H,54,64)(H,55,66)(H,56,65)(H,62,63)(H4,49,50,51)/t26?,27-,31+,32+,33-,34+,35+,37-,39+,40+/m1/s1. The van der Waals surface area contributed by atoms with Gasteiger partial charge in [-0.2, -0.15) is 0 Å². The van der Waals surface area contributed by atoms with Crippen molar-refractivity contribution in [2.75, 3.05) is 13.6 Å². The number of aliphatic carboxylic acids is 1. The van der Waals surface area contributed by atoms with Crippen molar-refractivity contribution >= 4 is 59.2 Å². The van der Waals surface area contributed by atoms with E-state index < -0.39 is 120 Å². The van der Waals surface area contributed by atoms with Crippen LogP contribution in [0, 0.1) is 5.92 Å². The van der Waals surface area contributed by atoms with E-state index in [0.717, 1.165) is 9.80 Å². The minimum absolute atomic E-state index is 0.0138. The van der Waals surface area contributed by atoms with Crippen LogP contribution in [0.3, 0.4) is 0 Å². The number of hydrogen-bond donors (Lipinski definition) is 10. The third-order valence-electron chi connectivity index (χ3n) is 12.5. The van der Waals surface area contributed by atoms with Crippen LogP contribution in [0.5, 0.6) is 5.75 Å². The molecule has 2 bridgehead atoms. The number of amides is 7. The van der Waals surface area contributed by atoms with E-state index >= 15 is 4.79 Å². The molecule has 23 heteroatoms. The second-order valence-electron chi connectivity index (χ2n) is 17.9. The number of nitrogens with one attached hydrogen (secondary N) is 5. The fourth-order valence-electron chi connectivity index (χ4n) is 8.27. The number of nitrogens with zero attached hydrogens (tertiary/aromatic N) is 3. The summed E-state index contributed by atoms with van der Waals surface area (Å²) in [5.41, 5.74) is 12.1. The highest BCUT2D eigenvalue weighted by Gasteiger charge is 2.46. The van der Waals surface area contributed by atoms with E-state index in [1.165, 1.54) is 38.2 Å². The zero-order valence-corrected chi connectivity index (χ0v) is 40.7. The fraction of sp³-hybridized carbons (Fsp3) is 0.542. The molecule has 10 atom stereocenters. The average molecular weight is 993 g/mol. The largest absolute Gasteiger partial charge is 0.508 e. The highest BCUT2D eigenvalue weighted by atomic mass is 16.5. The number of likely N-dealkylation sites (N-methyl/N-ethyl adjacent to an activating group) is 1. The summed E-state index contributed by atoms with van der Waals surface area (Å²) in [5.74, 6) is -9.87. The van der Waals surface area contributed by atoms with Gasteiger partial charge in [-0.1, -0.05) is 69.7 Å². The Kier molecular flexibility index (Phi) is 21.1. The summed E-state index contributed by atoms with van der Waals surface area (Å²) in [6.07, 6.45) is -4.13. The normalized spacial score (nSPS) is 24.6. The number of carbonyl (C=O) groups is 9. The molecule has 2 aromatic rings. The molecule has 2 aliphatic rings. The van der Waals surface area contributed by atoms with Crippen LogP contribution in [0.2, 0.25) is 0 Å². The summed E-state index contributed by atoms with van der Waals surface area (Å²) in [6.45, 7) is 6.29. The highest BCUT2D eigenvalue weighted by Crippen LogP contribution is 2.26. The number of piperidine rings is 1. The molecule has 12 N–H and O–H groups in total. The second kappa shape index (κ2) is 26.6. The van der Waals surface area contributed by atoms with E-state index in [4.69, 9.17) is 16.2 Å². The van der Waals surface area contributed by atoms with Crippen molar-refractivity contribution in [3.63, 3.8) is 0 Å². The number of esters is 1. The molecule has 71 heavy (non-hydrogen) atoms. The SMILES string of the molecule is CCCC(=O)N[C@H](CC(=O)O)C(=O)N[C@@H]1C(=O)N[C@@H](CCCN=C(N)N)C(=O)N[C@H]2CC[C@@H](O)N(C2=O)[C@@H](Cc2ccccc2)C(=O)N(C)[C@@H](Cc2ccc(O)cc2)C(=O)N[C@@H](C(C)CC)C(=O)O[C@@H]1C. The third-order valence-corrected chi connectivity index (χ3v) is 12.5. The first kappa shape index (κ1) is 56.3. The highest BCUT2D eigenvalue weighted by molar-refractivity contribution is 5.99. The summed E-state index contributed by atoms with van der Waals surface area (Å²) >= 11 is 0. The Labute approximate surface area is 411 Å². The van der Waals surface area contributed by atoms with Crippen molar-refractivity contribution in [1.29, 1.82) is 0 Å². The molecule has 23 nitrogen and oxygen atoms in total.